The molecule has 3 aromatic rings. The Morgan fingerprint density at radius 1 is 1.24 bits per heavy atom. The van der Waals surface area contributed by atoms with E-state index in [0.717, 1.165) is 5.56 Å². The molecule has 0 radical (unpaired) electrons. The first-order valence-electron chi connectivity index (χ1n) is 6.37. The Morgan fingerprint density at radius 2 is 2.10 bits per heavy atom. The second-order valence-corrected chi connectivity index (χ2v) is 4.70. The molecule has 3 rings (SSSR count). The minimum absolute atomic E-state index is 0.161. The summed E-state index contributed by atoms with van der Waals surface area (Å²) in [4.78, 5) is 25.6. The van der Waals surface area contributed by atoms with Crippen LogP contribution in [0.1, 0.15) is 5.56 Å². The first-order chi connectivity index (χ1) is 10.1. The molecule has 6 nitrogen and oxygen atoms in total. The van der Waals surface area contributed by atoms with Gasteiger partial charge in [0.15, 0.2) is 5.58 Å². The number of hydrogen-bond acceptors (Lipinski definition) is 4. The van der Waals surface area contributed by atoms with E-state index < -0.39 is 5.76 Å². The smallest absolute Gasteiger partial charge is 0.408 e. The van der Waals surface area contributed by atoms with Gasteiger partial charge in [0.25, 0.3) is 0 Å². The van der Waals surface area contributed by atoms with Gasteiger partial charge in [-0.3, -0.25) is 9.78 Å². The van der Waals surface area contributed by atoms with Crippen LogP contribution in [0.5, 0.6) is 0 Å². The number of rotatable bonds is 3. The Labute approximate surface area is 119 Å². The molecule has 0 saturated carbocycles. The standard InChI is InChI=1S/C15H13N3O3/c16-10-3-1-2-9(6-10)7-14(19)17-11-4-5-13-12(8-11)18-15(20)21-13/h1-6,8H,7,16H2,(H,17,19)(H,18,20). The number of hydrogen-bond donors (Lipinski definition) is 3. The number of fused-ring (bicyclic) bond motifs is 1. The lowest BCUT2D eigenvalue weighted by atomic mass is 10.1. The fraction of sp³-hybridized carbons (Fsp3) is 0.0667. The third kappa shape index (κ3) is 2.94. The minimum Gasteiger partial charge on any atom is -0.408 e. The Hall–Kier alpha value is -3.02. The first kappa shape index (κ1) is 13.0. The summed E-state index contributed by atoms with van der Waals surface area (Å²) >= 11 is 0. The molecular formula is C15H13N3O3. The number of benzene rings is 2. The molecule has 4 N–H and O–H groups in total. The van der Waals surface area contributed by atoms with Crippen LogP contribution < -0.4 is 16.8 Å². The molecule has 0 aliphatic heterocycles. The van der Waals surface area contributed by atoms with Crippen molar-refractivity contribution in [2.75, 3.05) is 11.1 Å². The molecule has 0 aliphatic carbocycles. The Kier molecular flexibility index (Phi) is 3.19. The number of carbonyl (C=O) groups excluding carboxylic acids is 1. The molecule has 0 fully saturated rings. The summed E-state index contributed by atoms with van der Waals surface area (Å²) in [6.45, 7) is 0. The normalized spacial score (nSPS) is 10.7. The van der Waals surface area contributed by atoms with E-state index in [4.69, 9.17) is 10.2 Å². The Balaban J connectivity index is 1.75. The summed E-state index contributed by atoms with van der Waals surface area (Å²) in [5, 5.41) is 2.77. The van der Waals surface area contributed by atoms with Crippen molar-refractivity contribution in [3.63, 3.8) is 0 Å². The van der Waals surface area contributed by atoms with Crippen molar-refractivity contribution in [1.82, 2.24) is 4.98 Å². The molecule has 0 atom stereocenters. The number of H-pyrrole nitrogens is 1. The largest absolute Gasteiger partial charge is 0.417 e. The van der Waals surface area contributed by atoms with Crippen molar-refractivity contribution in [3.05, 3.63) is 58.6 Å². The van der Waals surface area contributed by atoms with Crippen molar-refractivity contribution >= 4 is 28.4 Å². The molecule has 0 saturated heterocycles. The molecule has 0 spiro atoms. The molecule has 0 bridgehead atoms. The van der Waals surface area contributed by atoms with Gasteiger partial charge in [0.05, 0.1) is 11.9 Å². The number of aromatic nitrogens is 1. The van der Waals surface area contributed by atoms with Crippen LogP contribution in [0, 0.1) is 0 Å². The van der Waals surface area contributed by atoms with Gasteiger partial charge in [0, 0.05) is 11.4 Å². The molecule has 2 aromatic carbocycles. The third-order valence-corrected chi connectivity index (χ3v) is 3.02. The molecule has 0 unspecified atom stereocenters. The number of nitrogens with two attached hydrogens (primary N) is 1. The highest BCUT2D eigenvalue weighted by atomic mass is 16.4. The molecule has 1 heterocycles. The number of nitrogens with one attached hydrogen (secondary N) is 2. The lowest BCUT2D eigenvalue weighted by molar-refractivity contribution is -0.115. The van der Waals surface area contributed by atoms with Crippen LogP contribution in [0.25, 0.3) is 11.1 Å². The maximum atomic E-state index is 12.0. The van der Waals surface area contributed by atoms with Crippen LogP contribution in [0.3, 0.4) is 0 Å². The van der Waals surface area contributed by atoms with Gasteiger partial charge in [0.1, 0.15) is 0 Å². The van der Waals surface area contributed by atoms with Crippen molar-refractivity contribution in [3.8, 4) is 0 Å². The minimum atomic E-state index is -0.520. The highest BCUT2D eigenvalue weighted by molar-refractivity contribution is 5.94. The number of anilines is 2. The van der Waals surface area contributed by atoms with E-state index in [1.807, 2.05) is 6.07 Å². The summed E-state index contributed by atoms with van der Waals surface area (Å²) in [5.74, 6) is -0.681. The molecule has 0 aliphatic rings. The van der Waals surface area contributed by atoms with E-state index in [1.165, 1.54) is 0 Å². The van der Waals surface area contributed by atoms with E-state index in [0.29, 0.717) is 22.5 Å². The number of oxazole rings is 1. The average Bonchev–Trinajstić information content (AvgIpc) is 2.78. The van der Waals surface area contributed by atoms with E-state index in [-0.39, 0.29) is 12.3 Å². The van der Waals surface area contributed by atoms with Crippen molar-refractivity contribution in [1.29, 1.82) is 0 Å². The van der Waals surface area contributed by atoms with Crippen LogP contribution in [-0.2, 0) is 11.2 Å². The van der Waals surface area contributed by atoms with Crippen LogP contribution in [0.15, 0.2) is 51.7 Å². The summed E-state index contributed by atoms with van der Waals surface area (Å²) in [6.07, 6.45) is 0.227. The fourth-order valence-corrected chi connectivity index (χ4v) is 2.12. The number of aromatic amines is 1. The maximum absolute atomic E-state index is 12.0. The van der Waals surface area contributed by atoms with Crippen LogP contribution in [0.4, 0.5) is 11.4 Å². The van der Waals surface area contributed by atoms with Crippen LogP contribution in [0.2, 0.25) is 0 Å². The number of amides is 1. The maximum Gasteiger partial charge on any atom is 0.417 e. The fourth-order valence-electron chi connectivity index (χ4n) is 2.12. The summed E-state index contributed by atoms with van der Waals surface area (Å²) in [7, 11) is 0. The van der Waals surface area contributed by atoms with Crippen molar-refractivity contribution < 1.29 is 9.21 Å². The number of carbonyl (C=O) groups is 1. The second kappa shape index (κ2) is 5.16. The zero-order chi connectivity index (χ0) is 14.8. The zero-order valence-electron chi connectivity index (χ0n) is 11.1. The molecular weight excluding hydrogens is 270 g/mol. The summed E-state index contributed by atoms with van der Waals surface area (Å²) in [6, 6.07) is 12.1. The second-order valence-electron chi connectivity index (χ2n) is 4.70. The van der Waals surface area contributed by atoms with Crippen molar-refractivity contribution in [2.45, 2.75) is 6.42 Å². The highest BCUT2D eigenvalue weighted by Crippen LogP contribution is 2.16. The van der Waals surface area contributed by atoms with Gasteiger partial charge in [-0.05, 0) is 35.9 Å². The summed E-state index contributed by atoms with van der Waals surface area (Å²) < 4.78 is 4.90. The topological polar surface area (TPSA) is 101 Å². The predicted octanol–water partition coefficient (Wildman–Crippen LogP) is 1.88. The summed E-state index contributed by atoms with van der Waals surface area (Å²) in [5.41, 5.74) is 8.72. The monoisotopic (exact) mass is 283 g/mol. The average molecular weight is 283 g/mol. The van der Waals surface area contributed by atoms with Gasteiger partial charge in [0.2, 0.25) is 5.91 Å². The molecule has 21 heavy (non-hydrogen) atoms. The SMILES string of the molecule is Nc1cccc(CC(=O)Nc2ccc3oc(=O)[nH]c3c2)c1. The molecule has 106 valence electrons. The molecule has 1 amide bonds. The molecule has 6 heteroatoms. The lowest BCUT2D eigenvalue weighted by Crippen LogP contribution is -2.14. The highest BCUT2D eigenvalue weighted by Gasteiger charge is 2.07. The van der Waals surface area contributed by atoms with Gasteiger partial charge in [-0.25, -0.2) is 4.79 Å². The number of nitrogen functional groups attached to an aromatic ring is 1. The molecule has 1 aromatic heterocycles. The van der Waals surface area contributed by atoms with E-state index in [1.54, 1.807) is 36.4 Å². The lowest BCUT2D eigenvalue weighted by Gasteiger charge is -2.05. The van der Waals surface area contributed by atoms with Gasteiger partial charge >= 0.3 is 5.76 Å². The van der Waals surface area contributed by atoms with Gasteiger partial charge in [-0.2, -0.15) is 0 Å². The van der Waals surface area contributed by atoms with Gasteiger partial charge in [-0.1, -0.05) is 12.1 Å². The quantitative estimate of drug-likeness (QED) is 0.639. The van der Waals surface area contributed by atoms with Gasteiger partial charge in [-0.15, -0.1) is 0 Å². The zero-order valence-corrected chi connectivity index (χ0v) is 11.1. The van der Waals surface area contributed by atoms with Crippen LogP contribution in [-0.4, -0.2) is 10.9 Å². The van der Waals surface area contributed by atoms with E-state index >= 15 is 0 Å². The third-order valence-electron chi connectivity index (χ3n) is 3.02. The van der Waals surface area contributed by atoms with Gasteiger partial charge < -0.3 is 15.5 Å². The predicted molar refractivity (Wildman–Crippen MR) is 80.0 cm³/mol. The van der Waals surface area contributed by atoms with E-state index in [9.17, 15) is 9.59 Å². The Bertz CT molecular complexity index is 864. The van der Waals surface area contributed by atoms with Crippen molar-refractivity contribution in [2.24, 2.45) is 0 Å². The van der Waals surface area contributed by atoms with Crippen LogP contribution >= 0.6 is 0 Å². The van der Waals surface area contributed by atoms with E-state index in [2.05, 4.69) is 10.3 Å². The first-order valence-corrected chi connectivity index (χ1v) is 6.37. The Morgan fingerprint density at radius 3 is 2.90 bits per heavy atom.